The van der Waals surface area contributed by atoms with Gasteiger partial charge in [0.05, 0.1) is 7.11 Å². The molecule has 0 saturated heterocycles. The quantitative estimate of drug-likeness (QED) is 0.870. The highest BCUT2D eigenvalue weighted by Gasteiger charge is 2.34. The molecule has 0 bridgehead atoms. The van der Waals surface area contributed by atoms with Crippen molar-refractivity contribution in [2.75, 3.05) is 13.7 Å². The van der Waals surface area contributed by atoms with Gasteiger partial charge in [-0.2, -0.15) is 0 Å². The molecule has 2 nitrogen and oxygen atoms in total. The van der Waals surface area contributed by atoms with Crippen LogP contribution in [0.2, 0.25) is 0 Å². The van der Waals surface area contributed by atoms with Crippen LogP contribution in [0.4, 0.5) is 0 Å². The fourth-order valence-corrected chi connectivity index (χ4v) is 2.93. The molecule has 0 fully saturated rings. The Hall–Kier alpha value is -1.02. The molecule has 1 aliphatic rings. The largest absolute Gasteiger partial charge is 0.496 e. The molecule has 94 valence electrons. The van der Waals surface area contributed by atoms with Gasteiger partial charge in [-0.05, 0) is 47.8 Å². The molecular formula is C15H22O2. The van der Waals surface area contributed by atoms with Crippen molar-refractivity contribution in [1.29, 1.82) is 0 Å². The molecule has 2 rings (SSSR count). The number of ether oxygens (including phenoxy) is 1. The van der Waals surface area contributed by atoms with Crippen molar-refractivity contribution in [3.8, 4) is 5.75 Å². The second-order valence-electron chi connectivity index (χ2n) is 5.62. The zero-order chi connectivity index (χ0) is 12.5. The summed E-state index contributed by atoms with van der Waals surface area (Å²) in [6.07, 6.45) is 3.44. The van der Waals surface area contributed by atoms with Crippen molar-refractivity contribution in [2.24, 2.45) is 5.41 Å². The van der Waals surface area contributed by atoms with Crippen molar-refractivity contribution in [3.63, 3.8) is 0 Å². The summed E-state index contributed by atoms with van der Waals surface area (Å²) in [6, 6.07) is 6.29. The summed E-state index contributed by atoms with van der Waals surface area (Å²) in [7, 11) is 1.73. The van der Waals surface area contributed by atoms with Crippen molar-refractivity contribution < 1.29 is 9.84 Å². The van der Waals surface area contributed by atoms with Gasteiger partial charge in [0.15, 0.2) is 0 Å². The standard InChI is InChI=1S/C15H22O2/c1-15(2,10-16)13-8-4-7-12-11(13)6-5-9-14(12)17-3/h5-6,9,13,16H,4,7-8,10H2,1-3H3. The first-order valence-corrected chi connectivity index (χ1v) is 6.37. The highest BCUT2D eigenvalue weighted by molar-refractivity contribution is 5.44. The highest BCUT2D eigenvalue weighted by atomic mass is 16.5. The maximum Gasteiger partial charge on any atom is 0.122 e. The molecular weight excluding hydrogens is 212 g/mol. The van der Waals surface area contributed by atoms with Crippen molar-refractivity contribution in [1.82, 2.24) is 0 Å². The van der Waals surface area contributed by atoms with Crippen LogP contribution in [-0.2, 0) is 6.42 Å². The summed E-state index contributed by atoms with van der Waals surface area (Å²) in [5.74, 6) is 1.44. The van der Waals surface area contributed by atoms with Crippen LogP contribution in [0.1, 0.15) is 43.7 Å². The van der Waals surface area contributed by atoms with Gasteiger partial charge in [0.25, 0.3) is 0 Å². The predicted octanol–water partition coefficient (Wildman–Crippen LogP) is 3.13. The predicted molar refractivity (Wildman–Crippen MR) is 69.5 cm³/mol. The lowest BCUT2D eigenvalue weighted by molar-refractivity contribution is 0.122. The van der Waals surface area contributed by atoms with Crippen molar-refractivity contribution in [2.45, 2.75) is 39.0 Å². The van der Waals surface area contributed by atoms with Gasteiger partial charge >= 0.3 is 0 Å². The summed E-state index contributed by atoms with van der Waals surface area (Å²) < 4.78 is 5.44. The molecule has 0 saturated carbocycles. The molecule has 1 aromatic carbocycles. The molecule has 17 heavy (non-hydrogen) atoms. The highest BCUT2D eigenvalue weighted by Crippen LogP contribution is 2.45. The van der Waals surface area contributed by atoms with Crippen LogP contribution in [0.5, 0.6) is 5.75 Å². The summed E-state index contributed by atoms with van der Waals surface area (Å²) >= 11 is 0. The van der Waals surface area contributed by atoms with Gasteiger partial charge in [-0.1, -0.05) is 26.0 Å². The van der Waals surface area contributed by atoms with Gasteiger partial charge < -0.3 is 9.84 Å². The molecule has 0 heterocycles. The minimum atomic E-state index is -0.0540. The lowest BCUT2D eigenvalue weighted by Gasteiger charge is -2.37. The number of rotatable bonds is 3. The first-order chi connectivity index (χ1) is 8.10. The normalized spacial score (nSPS) is 19.9. The molecule has 0 aliphatic heterocycles. The first kappa shape index (κ1) is 12.4. The monoisotopic (exact) mass is 234 g/mol. The maximum absolute atomic E-state index is 9.57. The number of benzene rings is 1. The van der Waals surface area contributed by atoms with Crippen LogP contribution in [0.15, 0.2) is 18.2 Å². The second kappa shape index (κ2) is 4.69. The molecule has 1 aliphatic carbocycles. The Morgan fingerprint density at radius 3 is 2.82 bits per heavy atom. The summed E-state index contributed by atoms with van der Waals surface area (Å²) in [4.78, 5) is 0. The fraction of sp³-hybridized carbons (Fsp3) is 0.600. The number of fused-ring (bicyclic) bond motifs is 1. The summed E-state index contributed by atoms with van der Waals surface area (Å²) in [6.45, 7) is 4.52. The number of hydrogen-bond acceptors (Lipinski definition) is 2. The van der Waals surface area contributed by atoms with Crippen molar-refractivity contribution >= 4 is 0 Å². The molecule has 0 amide bonds. The molecule has 1 aromatic rings. The average Bonchev–Trinajstić information content (AvgIpc) is 2.37. The van der Waals surface area contributed by atoms with Crippen LogP contribution in [0.25, 0.3) is 0 Å². The van der Waals surface area contributed by atoms with Crippen LogP contribution < -0.4 is 4.74 Å². The Morgan fingerprint density at radius 1 is 1.41 bits per heavy atom. The van der Waals surface area contributed by atoms with E-state index in [9.17, 15) is 5.11 Å². The van der Waals surface area contributed by atoms with E-state index in [4.69, 9.17) is 4.74 Å². The lowest BCUT2D eigenvalue weighted by Crippen LogP contribution is -2.29. The molecule has 0 spiro atoms. The fourth-order valence-electron chi connectivity index (χ4n) is 2.93. The smallest absolute Gasteiger partial charge is 0.122 e. The second-order valence-corrected chi connectivity index (χ2v) is 5.62. The van der Waals surface area contributed by atoms with E-state index in [0.29, 0.717) is 5.92 Å². The van der Waals surface area contributed by atoms with E-state index in [2.05, 4.69) is 26.0 Å². The van der Waals surface area contributed by atoms with Gasteiger partial charge in [0, 0.05) is 6.61 Å². The van der Waals surface area contributed by atoms with E-state index in [-0.39, 0.29) is 12.0 Å². The third-order valence-corrected chi connectivity index (χ3v) is 4.04. The zero-order valence-corrected chi connectivity index (χ0v) is 11.0. The Kier molecular flexibility index (Phi) is 3.43. The molecule has 1 atom stereocenters. The Labute approximate surface area is 104 Å². The Morgan fingerprint density at radius 2 is 2.18 bits per heavy atom. The van der Waals surface area contributed by atoms with Crippen LogP contribution >= 0.6 is 0 Å². The van der Waals surface area contributed by atoms with Gasteiger partial charge in [0.2, 0.25) is 0 Å². The minimum absolute atomic E-state index is 0.0540. The summed E-state index contributed by atoms with van der Waals surface area (Å²) in [5.41, 5.74) is 2.66. The van der Waals surface area contributed by atoms with E-state index in [1.54, 1.807) is 7.11 Å². The molecule has 1 unspecified atom stereocenters. The third kappa shape index (κ3) is 2.19. The van der Waals surface area contributed by atoms with Crippen molar-refractivity contribution in [3.05, 3.63) is 29.3 Å². The van der Waals surface area contributed by atoms with Gasteiger partial charge in [-0.3, -0.25) is 0 Å². The maximum atomic E-state index is 9.57. The topological polar surface area (TPSA) is 29.5 Å². The van der Waals surface area contributed by atoms with Gasteiger partial charge in [-0.25, -0.2) is 0 Å². The molecule has 2 heteroatoms. The number of aliphatic hydroxyl groups excluding tert-OH is 1. The van der Waals surface area contributed by atoms with Gasteiger partial charge in [0.1, 0.15) is 5.75 Å². The molecule has 0 aromatic heterocycles. The lowest BCUT2D eigenvalue weighted by atomic mass is 9.68. The van der Waals surface area contributed by atoms with Crippen LogP contribution in [0, 0.1) is 5.41 Å². The SMILES string of the molecule is COc1cccc2c1CCCC2C(C)(C)CO. The zero-order valence-electron chi connectivity index (χ0n) is 11.0. The summed E-state index contributed by atoms with van der Waals surface area (Å²) in [5, 5.41) is 9.57. The van der Waals surface area contributed by atoms with Crippen LogP contribution in [0.3, 0.4) is 0 Å². The van der Waals surface area contributed by atoms with E-state index >= 15 is 0 Å². The van der Waals surface area contributed by atoms with E-state index in [0.717, 1.165) is 18.6 Å². The van der Waals surface area contributed by atoms with E-state index in [1.807, 2.05) is 6.07 Å². The molecule has 1 N–H and O–H groups in total. The third-order valence-electron chi connectivity index (χ3n) is 4.04. The van der Waals surface area contributed by atoms with Crippen LogP contribution in [-0.4, -0.2) is 18.8 Å². The Balaban J connectivity index is 2.45. The van der Waals surface area contributed by atoms with E-state index < -0.39 is 0 Å². The van der Waals surface area contributed by atoms with E-state index in [1.165, 1.54) is 17.5 Å². The number of methoxy groups -OCH3 is 1. The average molecular weight is 234 g/mol. The minimum Gasteiger partial charge on any atom is -0.496 e. The number of hydrogen-bond donors (Lipinski definition) is 1. The Bertz CT molecular complexity index is 396. The first-order valence-electron chi connectivity index (χ1n) is 6.37. The number of aliphatic hydroxyl groups is 1. The molecule has 0 radical (unpaired) electrons. The van der Waals surface area contributed by atoms with Gasteiger partial charge in [-0.15, -0.1) is 0 Å².